The Balaban J connectivity index is 2.35. The van der Waals surface area contributed by atoms with Crippen molar-refractivity contribution in [3.63, 3.8) is 0 Å². The first kappa shape index (κ1) is 14.4. The van der Waals surface area contributed by atoms with Crippen LogP contribution in [0.2, 0.25) is 18.8 Å². The van der Waals surface area contributed by atoms with E-state index in [1.165, 1.54) is 11.3 Å². The Morgan fingerprint density at radius 3 is 2.45 bits per heavy atom. The summed E-state index contributed by atoms with van der Waals surface area (Å²) < 4.78 is 1.11. The van der Waals surface area contributed by atoms with Crippen molar-refractivity contribution in [2.75, 3.05) is 0 Å². The summed E-state index contributed by atoms with van der Waals surface area (Å²) in [5.41, 5.74) is 2.35. The van der Waals surface area contributed by atoms with E-state index < -0.39 is 0 Å². The van der Waals surface area contributed by atoms with E-state index in [4.69, 9.17) is 46.4 Å². The molecule has 0 aliphatic rings. The van der Waals surface area contributed by atoms with Crippen molar-refractivity contribution in [3.8, 4) is 11.4 Å². The van der Waals surface area contributed by atoms with Crippen LogP contribution in [0, 0.1) is 6.92 Å². The molecule has 102 valence electrons. The normalized spacial score (nSPS) is 11.2. The largest absolute Gasteiger partial charge is 0.227 e. The van der Waals surface area contributed by atoms with Crippen molar-refractivity contribution < 1.29 is 0 Å². The van der Waals surface area contributed by atoms with E-state index in [0.717, 1.165) is 5.56 Å². The Bertz CT molecular complexity index is 829. The fraction of sp³-hybridized carbons (Fsp3) is 0.0769. The van der Waals surface area contributed by atoms with Crippen LogP contribution in [-0.4, -0.2) is 9.97 Å². The molecule has 0 unspecified atom stereocenters. The average molecular weight is 364 g/mol. The maximum atomic E-state index is 6.24. The van der Waals surface area contributed by atoms with Gasteiger partial charge in [-0.3, -0.25) is 0 Å². The Kier molecular flexibility index (Phi) is 3.82. The Hall–Kier alpha value is -0.580. The second kappa shape index (κ2) is 5.32. The molecule has 0 bridgehead atoms. The minimum absolute atomic E-state index is 0.303. The monoisotopic (exact) mass is 362 g/mol. The maximum Gasteiger partial charge on any atom is 0.163 e. The third kappa shape index (κ3) is 2.38. The van der Waals surface area contributed by atoms with Gasteiger partial charge in [0.1, 0.15) is 9.49 Å². The number of nitrogens with zero attached hydrogens (tertiary/aromatic N) is 2. The van der Waals surface area contributed by atoms with Gasteiger partial charge in [0.25, 0.3) is 0 Å². The first-order chi connectivity index (χ1) is 9.47. The molecule has 0 atom stereocenters. The van der Waals surface area contributed by atoms with Gasteiger partial charge >= 0.3 is 0 Å². The lowest BCUT2D eigenvalue weighted by molar-refractivity contribution is 1.22. The molecule has 20 heavy (non-hydrogen) atoms. The number of hydrogen-bond donors (Lipinski definition) is 0. The molecule has 0 fully saturated rings. The summed E-state index contributed by atoms with van der Waals surface area (Å²) >= 11 is 25.8. The van der Waals surface area contributed by atoms with Gasteiger partial charge in [0.05, 0.1) is 25.8 Å². The van der Waals surface area contributed by atoms with E-state index in [-0.39, 0.29) is 0 Å². The summed E-state index contributed by atoms with van der Waals surface area (Å²) in [5, 5.41) is 1.48. The second-order valence-electron chi connectivity index (χ2n) is 4.16. The molecule has 2 aromatic heterocycles. The average Bonchev–Trinajstić information content (AvgIpc) is 2.72. The minimum atomic E-state index is 0.303. The molecule has 3 aromatic rings. The number of aromatic nitrogens is 2. The highest BCUT2D eigenvalue weighted by molar-refractivity contribution is 7.20. The van der Waals surface area contributed by atoms with Gasteiger partial charge in [0.15, 0.2) is 5.82 Å². The summed E-state index contributed by atoms with van der Waals surface area (Å²) in [5.74, 6) is 0.445. The lowest BCUT2D eigenvalue weighted by atomic mass is 10.1. The number of fused-ring (bicyclic) bond motifs is 1. The van der Waals surface area contributed by atoms with E-state index >= 15 is 0 Å². The van der Waals surface area contributed by atoms with Gasteiger partial charge in [-0.1, -0.05) is 52.5 Å². The molecule has 0 radical (unpaired) electrons. The first-order valence-corrected chi connectivity index (χ1v) is 7.87. The van der Waals surface area contributed by atoms with Crippen LogP contribution in [0.5, 0.6) is 0 Å². The topological polar surface area (TPSA) is 25.8 Å². The lowest BCUT2D eigenvalue weighted by Gasteiger charge is -2.07. The lowest BCUT2D eigenvalue weighted by Crippen LogP contribution is -1.93. The number of rotatable bonds is 1. The molecule has 0 aliphatic heterocycles. The van der Waals surface area contributed by atoms with Crippen molar-refractivity contribution in [2.24, 2.45) is 0 Å². The fourth-order valence-electron chi connectivity index (χ4n) is 1.90. The molecular weight excluding hydrogens is 358 g/mol. The molecule has 0 aliphatic carbocycles. The number of halogens is 4. The third-order valence-corrected chi connectivity index (χ3v) is 4.93. The molecule has 2 nitrogen and oxygen atoms in total. The molecule has 2 heterocycles. The molecule has 0 spiro atoms. The van der Waals surface area contributed by atoms with E-state index in [1.54, 1.807) is 12.1 Å². The second-order valence-corrected chi connectivity index (χ2v) is 7.21. The number of aryl methyl sites for hydroxylation is 1. The molecule has 0 N–H and O–H groups in total. The van der Waals surface area contributed by atoms with Crippen molar-refractivity contribution >= 4 is 68.6 Å². The molecular formula is C13H6Cl4N2S. The zero-order chi connectivity index (χ0) is 14.4. The minimum Gasteiger partial charge on any atom is -0.227 e. The predicted molar refractivity (Wildman–Crippen MR) is 87.6 cm³/mol. The predicted octanol–water partition coefficient (Wildman–Crippen LogP) is 6.28. The van der Waals surface area contributed by atoms with Crippen LogP contribution < -0.4 is 0 Å². The number of hydrogen-bond acceptors (Lipinski definition) is 3. The van der Waals surface area contributed by atoms with Gasteiger partial charge in [-0.2, -0.15) is 0 Å². The Morgan fingerprint density at radius 2 is 1.80 bits per heavy atom. The molecule has 1 aromatic carbocycles. The highest BCUT2D eigenvalue weighted by Crippen LogP contribution is 2.39. The van der Waals surface area contributed by atoms with Gasteiger partial charge in [-0.15, -0.1) is 11.3 Å². The van der Waals surface area contributed by atoms with Crippen molar-refractivity contribution in [2.45, 2.75) is 6.92 Å². The van der Waals surface area contributed by atoms with Crippen LogP contribution in [0.4, 0.5) is 0 Å². The standard InChI is InChI=1S/C13H6Cl4N2S/c1-5-2-3-7(14)9-10(5)18-13(19-11(9)16)6-4-8(15)20-12(6)17/h2-4H,1H3. The van der Waals surface area contributed by atoms with E-state index in [9.17, 15) is 0 Å². The summed E-state index contributed by atoms with van der Waals surface area (Å²) in [6.45, 7) is 1.94. The summed E-state index contributed by atoms with van der Waals surface area (Å²) in [4.78, 5) is 8.81. The molecule has 0 saturated heterocycles. The van der Waals surface area contributed by atoms with Crippen LogP contribution in [0.25, 0.3) is 22.3 Å². The van der Waals surface area contributed by atoms with Crippen molar-refractivity contribution in [3.05, 3.63) is 42.6 Å². The first-order valence-electron chi connectivity index (χ1n) is 5.55. The zero-order valence-electron chi connectivity index (χ0n) is 10.0. The maximum absolute atomic E-state index is 6.24. The van der Waals surface area contributed by atoms with Crippen LogP contribution in [0.3, 0.4) is 0 Å². The Morgan fingerprint density at radius 1 is 1.05 bits per heavy atom. The van der Waals surface area contributed by atoms with Crippen molar-refractivity contribution in [1.82, 2.24) is 9.97 Å². The molecule has 7 heteroatoms. The fourth-order valence-corrected chi connectivity index (χ4v) is 3.92. The van der Waals surface area contributed by atoms with Crippen LogP contribution in [0.1, 0.15) is 5.56 Å². The van der Waals surface area contributed by atoms with Gasteiger partial charge < -0.3 is 0 Å². The molecule has 0 saturated carbocycles. The van der Waals surface area contributed by atoms with Crippen LogP contribution in [0.15, 0.2) is 18.2 Å². The smallest absolute Gasteiger partial charge is 0.163 e. The summed E-state index contributed by atoms with van der Waals surface area (Å²) in [6, 6.07) is 5.40. The highest BCUT2D eigenvalue weighted by atomic mass is 35.5. The van der Waals surface area contributed by atoms with Gasteiger partial charge in [-0.05, 0) is 24.6 Å². The number of benzene rings is 1. The van der Waals surface area contributed by atoms with Gasteiger partial charge in [0, 0.05) is 0 Å². The van der Waals surface area contributed by atoms with E-state index in [1.807, 2.05) is 13.0 Å². The van der Waals surface area contributed by atoms with Gasteiger partial charge in [-0.25, -0.2) is 9.97 Å². The summed E-state index contributed by atoms with van der Waals surface area (Å²) in [6.07, 6.45) is 0. The van der Waals surface area contributed by atoms with Crippen molar-refractivity contribution in [1.29, 1.82) is 0 Å². The van der Waals surface area contributed by atoms with E-state index in [2.05, 4.69) is 9.97 Å². The Labute approximate surface area is 139 Å². The molecule has 0 amide bonds. The van der Waals surface area contributed by atoms with Crippen LogP contribution >= 0.6 is 57.7 Å². The third-order valence-electron chi connectivity index (χ3n) is 2.85. The van der Waals surface area contributed by atoms with Gasteiger partial charge in [0.2, 0.25) is 0 Å². The highest BCUT2D eigenvalue weighted by Gasteiger charge is 2.16. The zero-order valence-corrected chi connectivity index (χ0v) is 13.9. The quantitative estimate of drug-likeness (QED) is 0.475. The van der Waals surface area contributed by atoms with E-state index in [0.29, 0.717) is 41.1 Å². The molecule has 3 rings (SSSR count). The van der Waals surface area contributed by atoms with Crippen LogP contribution in [-0.2, 0) is 0 Å². The number of thiophene rings is 1. The SMILES string of the molecule is Cc1ccc(Cl)c2c(Cl)nc(-c3cc(Cl)sc3Cl)nc12. The summed E-state index contributed by atoms with van der Waals surface area (Å²) in [7, 11) is 0.